The molecule has 0 aliphatic heterocycles. The van der Waals surface area contributed by atoms with E-state index >= 15 is 0 Å². The zero-order valence-corrected chi connectivity index (χ0v) is 10.4. The lowest BCUT2D eigenvalue weighted by molar-refractivity contribution is 0.0854. The van der Waals surface area contributed by atoms with Gasteiger partial charge >= 0.3 is 0 Å². The Morgan fingerprint density at radius 2 is 2.06 bits per heavy atom. The van der Waals surface area contributed by atoms with Gasteiger partial charge in [0.2, 0.25) is 0 Å². The predicted molar refractivity (Wildman–Crippen MR) is 67.1 cm³/mol. The molecule has 1 aromatic carbocycles. The maximum atomic E-state index is 6.13. The molecule has 1 aromatic rings. The summed E-state index contributed by atoms with van der Waals surface area (Å²) in [6.45, 7) is 2.60. The Hall–Kier alpha value is -0.730. The smallest absolute Gasteiger partial charge is 0.139 e. The molecule has 0 bridgehead atoms. The third-order valence-corrected chi connectivity index (χ3v) is 3.61. The summed E-state index contributed by atoms with van der Waals surface area (Å²) in [4.78, 5) is 0. The van der Waals surface area contributed by atoms with E-state index in [9.17, 15) is 0 Å². The van der Waals surface area contributed by atoms with Crippen molar-refractivity contribution in [2.75, 3.05) is 6.54 Å². The van der Waals surface area contributed by atoms with Crippen molar-refractivity contribution in [3.05, 3.63) is 28.8 Å². The second kappa shape index (κ2) is 4.64. The molecule has 1 aliphatic rings. The molecule has 0 amide bonds. The van der Waals surface area contributed by atoms with Gasteiger partial charge in [0, 0.05) is 6.54 Å². The summed E-state index contributed by atoms with van der Waals surface area (Å²) in [5, 5.41) is 0.672. The van der Waals surface area contributed by atoms with Crippen LogP contribution in [0.4, 0.5) is 0 Å². The van der Waals surface area contributed by atoms with Crippen molar-refractivity contribution < 1.29 is 4.74 Å². The van der Waals surface area contributed by atoms with Crippen LogP contribution in [0.3, 0.4) is 0 Å². The monoisotopic (exact) mass is 239 g/mol. The first-order chi connectivity index (χ1) is 7.65. The quantitative estimate of drug-likeness (QED) is 0.879. The second-order valence-corrected chi connectivity index (χ2v) is 5.04. The van der Waals surface area contributed by atoms with Crippen molar-refractivity contribution >= 4 is 11.6 Å². The van der Waals surface area contributed by atoms with E-state index in [4.69, 9.17) is 22.1 Å². The van der Waals surface area contributed by atoms with Crippen LogP contribution in [0, 0.1) is 6.92 Å². The van der Waals surface area contributed by atoms with Crippen molar-refractivity contribution in [2.45, 2.75) is 38.2 Å². The van der Waals surface area contributed by atoms with Gasteiger partial charge in [0.05, 0.1) is 5.02 Å². The maximum absolute atomic E-state index is 6.13. The summed E-state index contributed by atoms with van der Waals surface area (Å²) in [6.07, 6.45) is 4.46. The highest BCUT2D eigenvalue weighted by atomic mass is 35.5. The summed E-state index contributed by atoms with van der Waals surface area (Å²) < 4.78 is 6.07. The first kappa shape index (κ1) is 11.7. The minimum absolute atomic E-state index is 0.183. The molecule has 0 heterocycles. The van der Waals surface area contributed by atoms with E-state index in [0.29, 0.717) is 11.6 Å². The summed E-state index contributed by atoms with van der Waals surface area (Å²) in [7, 11) is 0. The Balaban J connectivity index is 2.21. The number of ether oxygens (including phenoxy) is 1. The third-order valence-electron chi connectivity index (χ3n) is 3.30. The number of aryl methyl sites for hydroxylation is 1. The molecule has 0 spiro atoms. The van der Waals surface area contributed by atoms with Gasteiger partial charge in [-0.15, -0.1) is 0 Å². The number of hydrogen-bond acceptors (Lipinski definition) is 2. The number of rotatable bonds is 3. The van der Waals surface area contributed by atoms with Gasteiger partial charge in [-0.3, -0.25) is 0 Å². The Kier molecular flexibility index (Phi) is 3.41. The van der Waals surface area contributed by atoms with Crippen LogP contribution in [0.5, 0.6) is 5.75 Å². The highest BCUT2D eigenvalue weighted by Gasteiger charge is 2.35. The highest BCUT2D eigenvalue weighted by Crippen LogP contribution is 2.36. The summed E-state index contributed by atoms with van der Waals surface area (Å²) in [5.41, 5.74) is 6.81. The third kappa shape index (κ3) is 2.33. The van der Waals surface area contributed by atoms with E-state index in [1.54, 1.807) is 0 Å². The first-order valence-electron chi connectivity index (χ1n) is 5.80. The van der Waals surface area contributed by atoms with Gasteiger partial charge in [-0.05, 0) is 50.3 Å². The lowest BCUT2D eigenvalue weighted by atomic mass is 10.0. The lowest BCUT2D eigenvalue weighted by Gasteiger charge is -2.29. The standard InChI is InChI=1S/C13H18ClNO/c1-10-4-5-11(14)12(8-10)16-13(9-15)6-2-3-7-13/h4-5,8H,2-3,6-7,9,15H2,1H3. The normalized spacial score (nSPS) is 18.7. The highest BCUT2D eigenvalue weighted by molar-refractivity contribution is 6.32. The second-order valence-electron chi connectivity index (χ2n) is 4.63. The van der Waals surface area contributed by atoms with Crippen molar-refractivity contribution in [3.63, 3.8) is 0 Å². The Labute approximate surface area is 102 Å². The molecule has 3 heteroatoms. The van der Waals surface area contributed by atoms with Gasteiger partial charge in [-0.2, -0.15) is 0 Å². The van der Waals surface area contributed by atoms with Crippen LogP contribution in [-0.4, -0.2) is 12.1 Å². The Bertz CT molecular complexity index is 372. The number of hydrogen-bond donors (Lipinski definition) is 1. The molecule has 1 aliphatic carbocycles. The van der Waals surface area contributed by atoms with Crippen LogP contribution >= 0.6 is 11.6 Å². The molecule has 0 unspecified atom stereocenters. The fraction of sp³-hybridized carbons (Fsp3) is 0.538. The minimum Gasteiger partial charge on any atom is -0.484 e. The average molecular weight is 240 g/mol. The summed E-state index contributed by atoms with van der Waals surface area (Å²) in [6, 6.07) is 5.85. The van der Waals surface area contributed by atoms with Crippen LogP contribution in [0.2, 0.25) is 5.02 Å². The fourth-order valence-electron chi connectivity index (χ4n) is 2.29. The zero-order valence-electron chi connectivity index (χ0n) is 9.63. The van der Waals surface area contributed by atoms with Crippen molar-refractivity contribution in [3.8, 4) is 5.75 Å². The van der Waals surface area contributed by atoms with Crippen LogP contribution in [0.1, 0.15) is 31.2 Å². The fourth-order valence-corrected chi connectivity index (χ4v) is 2.45. The largest absolute Gasteiger partial charge is 0.484 e. The van der Waals surface area contributed by atoms with Gasteiger partial charge in [0.15, 0.2) is 0 Å². The summed E-state index contributed by atoms with van der Waals surface area (Å²) in [5.74, 6) is 0.772. The van der Waals surface area contributed by atoms with Crippen molar-refractivity contribution in [1.82, 2.24) is 0 Å². The minimum atomic E-state index is -0.183. The molecule has 16 heavy (non-hydrogen) atoms. The van der Waals surface area contributed by atoms with Crippen molar-refractivity contribution in [1.29, 1.82) is 0 Å². The molecule has 1 fully saturated rings. The van der Waals surface area contributed by atoms with Crippen molar-refractivity contribution in [2.24, 2.45) is 5.73 Å². The average Bonchev–Trinajstić information content (AvgIpc) is 2.73. The SMILES string of the molecule is Cc1ccc(Cl)c(OC2(CN)CCCC2)c1. The molecule has 0 radical (unpaired) electrons. The van der Waals surface area contributed by atoms with Crippen LogP contribution in [0.25, 0.3) is 0 Å². The molecule has 0 aromatic heterocycles. The molecular weight excluding hydrogens is 222 g/mol. The van der Waals surface area contributed by atoms with Gasteiger partial charge in [-0.1, -0.05) is 17.7 Å². The van der Waals surface area contributed by atoms with Gasteiger partial charge in [0.1, 0.15) is 11.4 Å². The molecule has 1 saturated carbocycles. The van der Waals surface area contributed by atoms with Crippen LogP contribution < -0.4 is 10.5 Å². The van der Waals surface area contributed by atoms with Gasteiger partial charge in [-0.25, -0.2) is 0 Å². The maximum Gasteiger partial charge on any atom is 0.139 e. The van der Waals surface area contributed by atoms with E-state index in [1.807, 2.05) is 25.1 Å². The number of nitrogens with two attached hydrogens (primary N) is 1. The lowest BCUT2D eigenvalue weighted by Crippen LogP contribution is -2.40. The van der Waals surface area contributed by atoms with Crippen LogP contribution in [0.15, 0.2) is 18.2 Å². The van der Waals surface area contributed by atoms with Gasteiger partial charge in [0.25, 0.3) is 0 Å². The van der Waals surface area contributed by atoms with Crippen LogP contribution in [-0.2, 0) is 0 Å². The van der Waals surface area contributed by atoms with E-state index in [2.05, 4.69) is 0 Å². The van der Waals surface area contributed by atoms with E-state index in [0.717, 1.165) is 24.2 Å². The first-order valence-corrected chi connectivity index (χ1v) is 6.18. The Morgan fingerprint density at radius 3 is 2.69 bits per heavy atom. The van der Waals surface area contributed by atoms with E-state index in [1.165, 1.54) is 12.8 Å². The molecule has 2 rings (SSSR count). The molecular formula is C13H18ClNO. The molecule has 2 N–H and O–H groups in total. The molecule has 2 nitrogen and oxygen atoms in total. The van der Waals surface area contributed by atoms with E-state index in [-0.39, 0.29) is 5.60 Å². The number of benzene rings is 1. The molecule has 88 valence electrons. The van der Waals surface area contributed by atoms with Gasteiger partial charge < -0.3 is 10.5 Å². The topological polar surface area (TPSA) is 35.2 Å². The molecule has 0 saturated heterocycles. The molecule has 0 atom stereocenters. The summed E-state index contributed by atoms with van der Waals surface area (Å²) >= 11 is 6.13. The zero-order chi connectivity index (χ0) is 11.6. The Morgan fingerprint density at radius 1 is 1.38 bits per heavy atom. The number of halogens is 1. The predicted octanol–water partition coefficient (Wildman–Crippen LogP) is 3.30. The van der Waals surface area contributed by atoms with E-state index < -0.39 is 0 Å².